The van der Waals surface area contributed by atoms with Gasteiger partial charge in [-0.25, -0.2) is 0 Å². The average molecular weight is 232 g/mol. The monoisotopic (exact) mass is 232 g/mol. The Labute approximate surface area is 103 Å². The highest BCUT2D eigenvalue weighted by molar-refractivity contribution is 5.98. The molecule has 1 heterocycles. The number of hydrogen-bond acceptors (Lipinski definition) is 2. The van der Waals surface area contributed by atoms with E-state index in [0.29, 0.717) is 12.3 Å². The second kappa shape index (κ2) is 4.40. The third-order valence-corrected chi connectivity index (χ3v) is 3.31. The van der Waals surface area contributed by atoms with Crippen LogP contribution in [0.3, 0.4) is 0 Å². The first-order chi connectivity index (χ1) is 7.99. The maximum atomic E-state index is 11.9. The molecule has 1 aromatic carbocycles. The normalized spacial score (nSPS) is 19.9. The largest absolute Gasteiger partial charge is 0.380 e. The molecule has 1 aromatic rings. The minimum atomic E-state index is 0.168. The molecule has 1 aliphatic heterocycles. The van der Waals surface area contributed by atoms with E-state index in [9.17, 15) is 4.79 Å². The van der Waals surface area contributed by atoms with Crippen LogP contribution in [0.25, 0.3) is 0 Å². The first-order valence-electron chi connectivity index (χ1n) is 6.16. The number of nitrogens with one attached hydrogen (secondary N) is 1. The molecule has 1 aliphatic rings. The Bertz CT molecular complexity index is 440. The quantitative estimate of drug-likeness (QED) is 0.807. The summed E-state index contributed by atoms with van der Waals surface area (Å²) in [4.78, 5) is 13.6. The lowest BCUT2D eigenvalue weighted by atomic mass is 10.0. The van der Waals surface area contributed by atoms with Crippen LogP contribution in [0.15, 0.2) is 18.2 Å². The van der Waals surface area contributed by atoms with Gasteiger partial charge in [0.15, 0.2) is 0 Å². The van der Waals surface area contributed by atoms with Crippen molar-refractivity contribution in [2.45, 2.75) is 39.2 Å². The molecule has 0 aliphatic carbocycles. The van der Waals surface area contributed by atoms with Crippen LogP contribution in [0.2, 0.25) is 0 Å². The predicted molar refractivity (Wildman–Crippen MR) is 71.6 cm³/mol. The highest BCUT2D eigenvalue weighted by Crippen LogP contribution is 2.32. The van der Waals surface area contributed by atoms with Crippen molar-refractivity contribution in [1.29, 1.82) is 0 Å². The fourth-order valence-corrected chi connectivity index (χ4v) is 2.17. The number of anilines is 2. The van der Waals surface area contributed by atoms with E-state index in [0.717, 1.165) is 11.4 Å². The number of carbonyl (C=O) groups excluding carboxylic acids is 1. The maximum absolute atomic E-state index is 11.9. The van der Waals surface area contributed by atoms with E-state index in [-0.39, 0.29) is 11.9 Å². The predicted octanol–water partition coefficient (Wildman–Crippen LogP) is 2.98. The van der Waals surface area contributed by atoms with E-state index in [1.165, 1.54) is 5.56 Å². The number of carbonyl (C=O) groups is 1. The lowest BCUT2D eigenvalue weighted by Gasteiger charge is -2.18. The van der Waals surface area contributed by atoms with E-state index in [4.69, 9.17) is 0 Å². The molecule has 1 amide bonds. The van der Waals surface area contributed by atoms with E-state index < -0.39 is 0 Å². The van der Waals surface area contributed by atoms with Crippen LogP contribution in [-0.4, -0.2) is 19.0 Å². The first kappa shape index (κ1) is 12.0. The number of benzene rings is 1. The van der Waals surface area contributed by atoms with Crippen LogP contribution in [0.1, 0.15) is 38.7 Å². The molecule has 0 spiro atoms. The molecule has 0 saturated carbocycles. The van der Waals surface area contributed by atoms with Gasteiger partial charge < -0.3 is 10.2 Å². The fourth-order valence-electron chi connectivity index (χ4n) is 2.17. The van der Waals surface area contributed by atoms with E-state index >= 15 is 0 Å². The number of fused-ring (bicyclic) bond motifs is 1. The van der Waals surface area contributed by atoms with Gasteiger partial charge in [0.05, 0.1) is 11.4 Å². The second-order valence-electron chi connectivity index (χ2n) is 5.13. The molecular weight excluding hydrogens is 212 g/mol. The van der Waals surface area contributed by atoms with Crippen molar-refractivity contribution in [3.8, 4) is 0 Å². The number of rotatable bonds is 1. The zero-order valence-electron chi connectivity index (χ0n) is 10.9. The van der Waals surface area contributed by atoms with Gasteiger partial charge in [0, 0.05) is 19.5 Å². The SMILES string of the molecule is CC1CC(=O)N(C)c2ccc(C(C)C)cc2N1. The summed E-state index contributed by atoms with van der Waals surface area (Å²) in [7, 11) is 1.84. The summed E-state index contributed by atoms with van der Waals surface area (Å²) in [5, 5.41) is 3.42. The van der Waals surface area contributed by atoms with Crippen LogP contribution in [0, 0.1) is 0 Å². The molecule has 92 valence electrons. The van der Waals surface area contributed by atoms with Crippen LogP contribution in [-0.2, 0) is 4.79 Å². The Hall–Kier alpha value is -1.51. The van der Waals surface area contributed by atoms with Gasteiger partial charge in [0.1, 0.15) is 0 Å². The van der Waals surface area contributed by atoms with Crippen LogP contribution >= 0.6 is 0 Å². The van der Waals surface area contributed by atoms with Gasteiger partial charge in [-0.1, -0.05) is 19.9 Å². The molecule has 1 N–H and O–H groups in total. The van der Waals surface area contributed by atoms with Crippen molar-refractivity contribution in [2.75, 3.05) is 17.3 Å². The molecule has 3 heteroatoms. The summed E-state index contributed by atoms with van der Waals surface area (Å²) < 4.78 is 0. The Morgan fingerprint density at radius 1 is 1.41 bits per heavy atom. The maximum Gasteiger partial charge on any atom is 0.228 e. The molecule has 1 atom stereocenters. The van der Waals surface area contributed by atoms with Gasteiger partial charge >= 0.3 is 0 Å². The van der Waals surface area contributed by atoms with Crippen molar-refractivity contribution in [1.82, 2.24) is 0 Å². The van der Waals surface area contributed by atoms with Crippen molar-refractivity contribution in [3.63, 3.8) is 0 Å². The standard InChI is InChI=1S/C14H20N2O/c1-9(2)11-5-6-13-12(8-11)15-10(3)7-14(17)16(13)4/h5-6,8-10,15H,7H2,1-4H3. The Kier molecular flexibility index (Phi) is 3.09. The molecule has 0 fully saturated rings. The Morgan fingerprint density at radius 3 is 2.76 bits per heavy atom. The molecule has 0 radical (unpaired) electrons. The summed E-state index contributed by atoms with van der Waals surface area (Å²) >= 11 is 0. The molecule has 0 saturated heterocycles. The molecule has 0 bridgehead atoms. The lowest BCUT2D eigenvalue weighted by Crippen LogP contribution is -2.27. The van der Waals surface area contributed by atoms with Crippen LogP contribution in [0.5, 0.6) is 0 Å². The number of nitrogens with zero attached hydrogens (tertiary/aromatic N) is 1. The van der Waals surface area contributed by atoms with Crippen molar-refractivity contribution < 1.29 is 4.79 Å². The van der Waals surface area contributed by atoms with Gasteiger partial charge in [0.25, 0.3) is 0 Å². The third-order valence-electron chi connectivity index (χ3n) is 3.31. The molecular formula is C14H20N2O. The van der Waals surface area contributed by atoms with Crippen molar-refractivity contribution >= 4 is 17.3 Å². The minimum Gasteiger partial charge on any atom is -0.380 e. The van der Waals surface area contributed by atoms with Crippen LogP contribution < -0.4 is 10.2 Å². The summed E-state index contributed by atoms with van der Waals surface area (Å²) in [5.41, 5.74) is 3.34. The minimum absolute atomic E-state index is 0.168. The summed E-state index contributed by atoms with van der Waals surface area (Å²) in [6.07, 6.45) is 0.544. The topological polar surface area (TPSA) is 32.3 Å². The van der Waals surface area contributed by atoms with Crippen molar-refractivity contribution in [3.05, 3.63) is 23.8 Å². The zero-order valence-corrected chi connectivity index (χ0v) is 10.9. The second-order valence-corrected chi connectivity index (χ2v) is 5.13. The highest BCUT2D eigenvalue weighted by Gasteiger charge is 2.22. The Morgan fingerprint density at radius 2 is 2.12 bits per heavy atom. The fraction of sp³-hybridized carbons (Fsp3) is 0.500. The van der Waals surface area contributed by atoms with Gasteiger partial charge in [-0.05, 0) is 30.5 Å². The molecule has 3 nitrogen and oxygen atoms in total. The average Bonchev–Trinajstić information content (AvgIpc) is 2.36. The van der Waals surface area contributed by atoms with Gasteiger partial charge in [0.2, 0.25) is 5.91 Å². The zero-order chi connectivity index (χ0) is 12.6. The van der Waals surface area contributed by atoms with Crippen molar-refractivity contribution in [2.24, 2.45) is 0 Å². The molecule has 17 heavy (non-hydrogen) atoms. The molecule has 2 rings (SSSR count). The van der Waals surface area contributed by atoms with Gasteiger partial charge in [-0.15, -0.1) is 0 Å². The number of amides is 1. The summed E-state index contributed by atoms with van der Waals surface area (Å²) in [5.74, 6) is 0.669. The van der Waals surface area contributed by atoms with E-state index in [1.807, 2.05) is 20.0 Å². The van der Waals surface area contributed by atoms with E-state index in [2.05, 4.69) is 31.3 Å². The van der Waals surface area contributed by atoms with Gasteiger partial charge in [-0.2, -0.15) is 0 Å². The lowest BCUT2D eigenvalue weighted by molar-refractivity contribution is -0.118. The van der Waals surface area contributed by atoms with Gasteiger partial charge in [-0.3, -0.25) is 4.79 Å². The molecule has 1 unspecified atom stereocenters. The summed E-state index contributed by atoms with van der Waals surface area (Å²) in [6.45, 7) is 6.40. The number of hydrogen-bond donors (Lipinski definition) is 1. The van der Waals surface area contributed by atoms with E-state index in [1.54, 1.807) is 4.90 Å². The summed E-state index contributed by atoms with van der Waals surface area (Å²) in [6, 6.07) is 6.48. The van der Waals surface area contributed by atoms with Crippen LogP contribution in [0.4, 0.5) is 11.4 Å². The smallest absolute Gasteiger partial charge is 0.228 e. The first-order valence-corrected chi connectivity index (χ1v) is 6.16. The third kappa shape index (κ3) is 2.28. The molecule has 0 aromatic heterocycles. The highest BCUT2D eigenvalue weighted by atomic mass is 16.2. The Balaban J connectivity index is 2.46.